The zero-order valence-electron chi connectivity index (χ0n) is 9.69. The van der Waals surface area contributed by atoms with E-state index in [-0.39, 0.29) is 0 Å². The van der Waals surface area contributed by atoms with Crippen LogP contribution >= 0.6 is 11.3 Å². The first-order valence-corrected chi connectivity index (χ1v) is 6.34. The Morgan fingerprint density at radius 2 is 2.31 bits per heavy atom. The van der Waals surface area contributed by atoms with Gasteiger partial charge < -0.3 is 10.1 Å². The van der Waals surface area contributed by atoms with Crippen molar-refractivity contribution >= 4 is 21.6 Å². The molecular formula is C11H17N3OS. The molecule has 0 spiro atoms. The zero-order chi connectivity index (χ0) is 11.4. The van der Waals surface area contributed by atoms with Crippen LogP contribution in [-0.4, -0.2) is 30.5 Å². The summed E-state index contributed by atoms with van der Waals surface area (Å²) in [6.45, 7) is 2.57. The van der Waals surface area contributed by atoms with Gasteiger partial charge in [-0.05, 0) is 32.0 Å². The molecule has 0 fully saturated rings. The summed E-state index contributed by atoms with van der Waals surface area (Å²) in [4.78, 5) is 1.14. The summed E-state index contributed by atoms with van der Waals surface area (Å²) in [6.07, 6.45) is 1.07. The van der Waals surface area contributed by atoms with Crippen molar-refractivity contribution < 1.29 is 4.74 Å². The van der Waals surface area contributed by atoms with Gasteiger partial charge in [0.15, 0.2) is 0 Å². The van der Waals surface area contributed by atoms with Crippen molar-refractivity contribution in [2.24, 2.45) is 0 Å². The topological polar surface area (TPSA) is 39.1 Å². The van der Waals surface area contributed by atoms with Crippen molar-refractivity contribution in [3.63, 3.8) is 0 Å². The molecule has 5 heteroatoms. The van der Waals surface area contributed by atoms with Gasteiger partial charge in [0.05, 0.1) is 12.3 Å². The minimum absolute atomic E-state index is 0.716. The van der Waals surface area contributed by atoms with Crippen LogP contribution in [0.4, 0.5) is 0 Å². The van der Waals surface area contributed by atoms with E-state index in [2.05, 4.69) is 26.5 Å². The minimum atomic E-state index is 0.716. The van der Waals surface area contributed by atoms with Gasteiger partial charge >= 0.3 is 0 Å². The Kier molecular flexibility index (Phi) is 3.93. The Hall–Kier alpha value is -0.910. The maximum atomic E-state index is 5.50. The zero-order valence-corrected chi connectivity index (χ0v) is 10.5. The molecule has 0 saturated carbocycles. The Labute approximate surface area is 99.2 Å². The Bertz CT molecular complexity index is 449. The normalized spacial score (nSPS) is 15.1. The van der Waals surface area contributed by atoms with Crippen LogP contribution in [0.1, 0.15) is 12.1 Å². The van der Waals surface area contributed by atoms with Gasteiger partial charge in [0, 0.05) is 18.5 Å². The molecule has 0 amide bonds. The highest BCUT2D eigenvalue weighted by molar-refractivity contribution is 7.16. The standard InChI is InChI=1S/C9H10N2OS.C2H7N/c1-3-11-8(6-12-4-1)7-2-5-13-9(7)10-11;1-3-2/h2,5H,1,3-4,6H2;3H,1-2H3. The average molecular weight is 239 g/mol. The lowest BCUT2D eigenvalue weighted by Gasteiger charge is -1.99. The SMILES string of the molecule is CNC.c1cc2c3n(nc2s1)CCCOC3. The third kappa shape index (κ3) is 2.26. The number of nitrogens with one attached hydrogen (secondary N) is 1. The molecule has 0 radical (unpaired) electrons. The third-order valence-electron chi connectivity index (χ3n) is 2.38. The maximum absolute atomic E-state index is 5.50. The van der Waals surface area contributed by atoms with Crippen LogP contribution in [0.25, 0.3) is 10.2 Å². The highest BCUT2D eigenvalue weighted by Crippen LogP contribution is 2.25. The minimum Gasteiger partial charge on any atom is -0.375 e. The van der Waals surface area contributed by atoms with Crippen LogP contribution in [0.5, 0.6) is 0 Å². The van der Waals surface area contributed by atoms with E-state index in [0.29, 0.717) is 6.61 Å². The number of thiophene rings is 1. The first kappa shape index (κ1) is 11.6. The maximum Gasteiger partial charge on any atom is 0.145 e. The molecule has 4 nitrogen and oxygen atoms in total. The summed E-state index contributed by atoms with van der Waals surface area (Å²) in [5, 5.41) is 10.6. The van der Waals surface area contributed by atoms with Gasteiger partial charge in [0.1, 0.15) is 4.83 Å². The van der Waals surface area contributed by atoms with Crippen LogP contribution in [0.15, 0.2) is 11.4 Å². The van der Waals surface area contributed by atoms with Gasteiger partial charge in [-0.25, -0.2) is 0 Å². The lowest BCUT2D eigenvalue weighted by atomic mass is 10.3. The molecule has 2 aromatic rings. The predicted octanol–water partition coefficient (Wildman–Crippen LogP) is 1.85. The Morgan fingerprint density at radius 1 is 1.50 bits per heavy atom. The van der Waals surface area contributed by atoms with E-state index in [1.165, 1.54) is 11.1 Å². The van der Waals surface area contributed by atoms with E-state index in [4.69, 9.17) is 4.74 Å². The summed E-state index contributed by atoms with van der Waals surface area (Å²) >= 11 is 1.70. The van der Waals surface area contributed by atoms with E-state index < -0.39 is 0 Å². The van der Waals surface area contributed by atoms with Gasteiger partial charge in [-0.3, -0.25) is 4.68 Å². The Balaban J connectivity index is 0.000000292. The third-order valence-corrected chi connectivity index (χ3v) is 3.17. The second-order valence-electron chi connectivity index (χ2n) is 3.72. The summed E-state index contributed by atoms with van der Waals surface area (Å²) in [6, 6.07) is 2.13. The monoisotopic (exact) mass is 239 g/mol. The highest BCUT2D eigenvalue weighted by Gasteiger charge is 2.14. The first-order valence-electron chi connectivity index (χ1n) is 5.46. The number of aryl methyl sites for hydroxylation is 1. The average Bonchev–Trinajstić information content (AvgIpc) is 2.75. The highest BCUT2D eigenvalue weighted by atomic mass is 32.1. The first-order chi connectivity index (χ1) is 7.86. The summed E-state index contributed by atoms with van der Waals surface area (Å²) < 4.78 is 7.59. The summed E-state index contributed by atoms with van der Waals surface area (Å²) in [7, 11) is 3.75. The molecule has 1 aliphatic rings. The lowest BCUT2D eigenvalue weighted by molar-refractivity contribution is 0.125. The van der Waals surface area contributed by atoms with Crippen LogP contribution < -0.4 is 5.32 Å². The molecule has 1 N–H and O–H groups in total. The molecule has 0 aromatic carbocycles. The molecular weight excluding hydrogens is 222 g/mol. The summed E-state index contributed by atoms with van der Waals surface area (Å²) in [5.74, 6) is 0. The number of fused-ring (bicyclic) bond motifs is 3. The molecule has 16 heavy (non-hydrogen) atoms. The molecule has 88 valence electrons. The van der Waals surface area contributed by atoms with E-state index in [1.54, 1.807) is 11.3 Å². The van der Waals surface area contributed by atoms with Crippen LogP contribution in [0.2, 0.25) is 0 Å². The van der Waals surface area contributed by atoms with Crippen molar-refractivity contribution in [2.45, 2.75) is 19.6 Å². The largest absolute Gasteiger partial charge is 0.375 e. The molecule has 3 rings (SSSR count). The number of ether oxygens (including phenoxy) is 1. The number of nitrogens with zero attached hydrogens (tertiary/aromatic N) is 2. The number of hydrogen-bond acceptors (Lipinski definition) is 4. The van der Waals surface area contributed by atoms with Gasteiger partial charge in [0.25, 0.3) is 0 Å². The predicted molar refractivity (Wildman–Crippen MR) is 66.9 cm³/mol. The summed E-state index contributed by atoms with van der Waals surface area (Å²) in [5.41, 5.74) is 1.24. The van der Waals surface area contributed by atoms with E-state index in [9.17, 15) is 0 Å². The fourth-order valence-electron chi connectivity index (χ4n) is 1.73. The molecule has 0 atom stereocenters. The smallest absolute Gasteiger partial charge is 0.145 e. The number of aromatic nitrogens is 2. The molecule has 2 aromatic heterocycles. The van der Waals surface area contributed by atoms with Crippen molar-refractivity contribution in [2.75, 3.05) is 20.7 Å². The van der Waals surface area contributed by atoms with Gasteiger partial charge in [-0.15, -0.1) is 11.3 Å². The van der Waals surface area contributed by atoms with Crippen molar-refractivity contribution in [1.29, 1.82) is 0 Å². The van der Waals surface area contributed by atoms with Crippen LogP contribution in [-0.2, 0) is 17.9 Å². The van der Waals surface area contributed by atoms with Crippen molar-refractivity contribution in [1.82, 2.24) is 15.1 Å². The second-order valence-corrected chi connectivity index (χ2v) is 4.61. The van der Waals surface area contributed by atoms with Gasteiger partial charge in [-0.2, -0.15) is 5.10 Å². The molecule has 1 aliphatic heterocycles. The quantitative estimate of drug-likeness (QED) is 0.762. The molecule has 0 aliphatic carbocycles. The fraction of sp³-hybridized carbons (Fsp3) is 0.545. The number of rotatable bonds is 0. The number of hydrogen-bond donors (Lipinski definition) is 1. The molecule has 0 bridgehead atoms. The van der Waals surface area contributed by atoms with E-state index in [0.717, 1.165) is 24.4 Å². The second kappa shape index (κ2) is 5.43. The van der Waals surface area contributed by atoms with Crippen molar-refractivity contribution in [3.8, 4) is 0 Å². The van der Waals surface area contributed by atoms with Crippen LogP contribution in [0, 0.1) is 0 Å². The fourth-order valence-corrected chi connectivity index (χ4v) is 2.52. The van der Waals surface area contributed by atoms with Gasteiger partial charge in [-0.1, -0.05) is 0 Å². The van der Waals surface area contributed by atoms with E-state index >= 15 is 0 Å². The lowest BCUT2D eigenvalue weighted by Crippen LogP contribution is -2.01. The molecule has 3 heterocycles. The molecule has 0 unspecified atom stereocenters. The van der Waals surface area contributed by atoms with Crippen LogP contribution in [0.3, 0.4) is 0 Å². The van der Waals surface area contributed by atoms with Crippen molar-refractivity contribution in [3.05, 3.63) is 17.1 Å². The molecule has 0 saturated heterocycles. The Morgan fingerprint density at radius 3 is 3.12 bits per heavy atom. The van der Waals surface area contributed by atoms with Gasteiger partial charge in [0.2, 0.25) is 0 Å². The van der Waals surface area contributed by atoms with E-state index in [1.807, 2.05) is 14.1 Å².